The monoisotopic (exact) mass is 439 g/mol. The fourth-order valence-electron chi connectivity index (χ4n) is 4.10. The molecule has 32 heavy (non-hydrogen) atoms. The molecule has 2 heterocycles. The van der Waals surface area contributed by atoms with Crippen LogP contribution in [0.1, 0.15) is 45.2 Å². The fraction of sp³-hybridized carbons (Fsp3) is 0.417. The second-order valence-electron chi connectivity index (χ2n) is 8.37. The van der Waals surface area contributed by atoms with E-state index in [2.05, 4.69) is 17.6 Å². The van der Waals surface area contributed by atoms with E-state index >= 15 is 0 Å². The van der Waals surface area contributed by atoms with Gasteiger partial charge in [-0.05, 0) is 24.6 Å². The zero-order valence-corrected chi connectivity index (χ0v) is 18.4. The molecule has 8 nitrogen and oxygen atoms in total. The molecule has 2 aromatic rings. The van der Waals surface area contributed by atoms with Crippen LogP contribution in [0.3, 0.4) is 0 Å². The summed E-state index contributed by atoms with van der Waals surface area (Å²) in [5.41, 5.74) is 7.91. The minimum Gasteiger partial charge on any atom is -0.491 e. The Kier molecular flexibility index (Phi) is 6.45. The van der Waals surface area contributed by atoms with Gasteiger partial charge in [-0.1, -0.05) is 30.3 Å². The third kappa shape index (κ3) is 4.34. The van der Waals surface area contributed by atoms with Crippen LogP contribution in [0.5, 0.6) is 5.75 Å². The van der Waals surface area contributed by atoms with Crippen molar-refractivity contribution in [2.45, 2.75) is 31.1 Å². The number of hydrogen-bond donors (Lipinski definition) is 3. The molecular weight excluding hydrogens is 410 g/mol. The van der Waals surface area contributed by atoms with Crippen LogP contribution in [0.4, 0.5) is 0 Å². The van der Waals surface area contributed by atoms with Crippen LogP contribution in [0.2, 0.25) is 0 Å². The first-order valence-electron chi connectivity index (χ1n) is 10.8. The zero-order valence-electron chi connectivity index (χ0n) is 18.4. The van der Waals surface area contributed by atoms with Crippen molar-refractivity contribution in [3.05, 3.63) is 64.7 Å². The summed E-state index contributed by atoms with van der Waals surface area (Å²) in [4.78, 5) is 25.5. The number of hydrogen-bond acceptors (Lipinski definition) is 6. The normalized spacial score (nSPS) is 24.3. The quantitative estimate of drug-likeness (QED) is 0.630. The number of benzene rings is 2. The van der Waals surface area contributed by atoms with E-state index in [1.54, 1.807) is 13.1 Å². The van der Waals surface area contributed by atoms with Crippen LogP contribution in [-0.2, 0) is 14.9 Å². The second kappa shape index (κ2) is 9.28. The van der Waals surface area contributed by atoms with Crippen molar-refractivity contribution in [2.24, 2.45) is 5.73 Å². The van der Waals surface area contributed by atoms with Crippen LogP contribution in [0.15, 0.2) is 42.5 Å². The predicted molar refractivity (Wildman–Crippen MR) is 119 cm³/mol. The van der Waals surface area contributed by atoms with Gasteiger partial charge in [0.25, 0.3) is 11.8 Å². The molecule has 0 radical (unpaired) electrons. The Bertz CT molecular complexity index is 989. The zero-order chi connectivity index (χ0) is 22.7. The van der Waals surface area contributed by atoms with Crippen LogP contribution in [0, 0.1) is 0 Å². The lowest BCUT2D eigenvalue weighted by atomic mass is 9.77. The summed E-state index contributed by atoms with van der Waals surface area (Å²) in [5.74, 6) is -0.0473. The number of ether oxygens (including phenoxy) is 3. The van der Waals surface area contributed by atoms with Crippen LogP contribution in [-0.4, -0.2) is 57.6 Å². The highest BCUT2D eigenvalue weighted by atomic mass is 16.7. The van der Waals surface area contributed by atoms with Gasteiger partial charge in [-0.25, -0.2) is 0 Å². The van der Waals surface area contributed by atoms with E-state index in [0.29, 0.717) is 49.7 Å². The van der Waals surface area contributed by atoms with Crippen molar-refractivity contribution in [2.75, 3.05) is 33.4 Å². The predicted octanol–water partition coefficient (Wildman–Crippen LogP) is 1.56. The molecule has 2 amide bonds. The maximum atomic E-state index is 13.0. The van der Waals surface area contributed by atoms with Gasteiger partial charge in [0, 0.05) is 31.1 Å². The molecule has 170 valence electrons. The molecule has 1 atom stereocenters. The molecule has 0 bridgehead atoms. The molecule has 1 fully saturated rings. The van der Waals surface area contributed by atoms with E-state index in [-0.39, 0.29) is 24.1 Å². The Morgan fingerprint density at radius 2 is 1.84 bits per heavy atom. The lowest BCUT2D eigenvalue weighted by molar-refractivity contribution is -0.186. The number of nitrogens with one attached hydrogen (secondary N) is 2. The van der Waals surface area contributed by atoms with Gasteiger partial charge in [0.2, 0.25) is 0 Å². The SMILES string of the molecule is CNC(=O)c1cc(C(=O)NCCC2OCC(N)CO2)cc2c1OC[C@@]2(C)c1ccccc1. The molecule has 2 aromatic carbocycles. The summed E-state index contributed by atoms with van der Waals surface area (Å²) < 4.78 is 17.0. The molecule has 0 saturated carbocycles. The van der Waals surface area contributed by atoms with E-state index in [1.165, 1.54) is 0 Å². The highest BCUT2D eigenvalue weighted by Crippen LogP contribution is 2.45. The summed E-state index contributed by atoms with van der Waals surface area (Å²) in [6.45, 7) is 3.71. The van der Waals surface area contributed by atoms with Crippen molar-refractivity contribution in [1.29, 1.82) is 0 Å². The van der Waals surface area contributed by atoms with Gasteiger partial charge in [0.1, 0.15) is 12.4 Å². The molecule has 2 aliphatic rings. The summed E-state index contributed by atoms with van der Waals surface area (Å²) in [5, 5.41) is 5.54. The summed E-state index contributed by atoms with van der Waals surface area (Å²) >= 11 is 0. The summed E-state index contributed by atoms with van der Waals surface area (Å²) in [6.07, 6.45) is 0.127. The Hall–Kier alpha value is -2.94. The van der Waals surface area contributed by atoms with Gasteiger partial charge >= 0.3 is 0 Å². The number of amides is 2. The van der Waals surface area contributed by atoms with Crippen LogP contribution >= 0.6 is 0 Å². The van der Waals surface area contributed by atoms with E-state index in [1.807, 2.05) is 36.4 Å². The highest BCUT2D eigenvalue weighted by molar-refractivity contribution is 6.02. The average Bonchev–Trinajstić information content (AvgIpc) is 3.17. The topological polar surface area (TPSA) is 112 Å². The van der Waals surface area contributed by atoms with E-state index < -0.39 is 5.41 Å². The van der Waals surface area contributed by atoms with Gasteiger partial charge in [0.05, 0.1) is 30.2 Å². The third-order valence-electron chi connectivity index (χ3n) is 5.99. The third-order valence-corrected chi connectivity index (χ3v) is 5.99. The number of rotatable bonds is 6. The van der Waals surface area contributed by atoms with Crippen LogP contribution in [0.25, 0.3) is 0 Å². The minimum atomic E-state index is -0.474. The standard InChI is InChI=1S/C24H29N3O5/c1-24(16-6-4-3-5-7-16)14-32-21-18(23(29)26-2)10-15(11-19(21)24)22(28)27-9-8-20-30-12-17(25)13-31-20/h3-7,10-11,17,20H,8-9,12-14,25H2,1-2H3,(H,26,29)(H,27,28)/t17?,20?,24-/m0/s1. The lowest BCUT2D eigenvalue weighted by Crippen LogP contribution is -2.42. The molecule has 0 unspecified atom stereocenters. The number of nitrogens with two attached hydrogens (primary N) is 1. The Morgan fingerprint density at radius 3 is 2.53 bits per heavy atom. The van der Waals surface area contributed by atoms with E-state index in [9.17, 15) is 9.59 Å². The molecule has 0 spiro atoms. The van der Waals surface area contributed by atoms with Crippen molar-refractivity contribution < 1.29 is 23.8 Å². The number of fused-ring (bicyclic) bond motifs is 1. The first-order chi connectivity index (χ1) is 15.4. The second-order valence-corrected chi connectivity index (χ2v) is 8.37. The average molecular weight is 440 g/mol. The molecular formula is C24H29N3O5. The summed E-state index contributed by atoms with van der Waals surface area (Å²) in [7, 11) is 1.56. The first kappa shape index (κ1) is 22.3. The lowest BCUT2D eigenvalue weighted by Gasteiger charge is -2.27. The van der Waals surface area contributed by atoms with E-state index in [4.69, 9.17) is 19.9 Å². The van der Waals surface area contributed by atoms with Crippen molar-refractivity contribution in [1.82, 2.24) is 10.6 Å². The maximum Gasteiger partial charge on any atom is 0.254 e. The van der Waals surface area contributed by atoms with Gasteiger partial charge < -0.3 is 30.6 Å². The van der Waals surface area contributed by atoms with Crippen LogP contribution < -0.4 is 21.1 Å². The maximum absolute atomic E-state index is 13.0. The van der Waals surface area contributed by atoms with Crippen molar-refractivity contribution >= 4 is 11.8 Å². The van der Waals surface area contributed by atoms with Gasteiger partial charge in [-0.3, -0.25) is 9.59 Å². The fourth-order valence-corrected chi connectivity index (χ4v) is 4.10. The Morgan fingerprint density at radius 1 is 1.12 bits per heavy atom. The highest BCUT2D eigenvalue weighted by Gasteiger charge is 2.40. The molecule has 4 N–H and O–H groups in total. The molecule has 0 aromatic heterocycles. The first-order valence-corrected chi connectivity index (χ1v) is 10.8. The van der Waals surface area contributed by atoms with E-state index in [0.717, 1.165) is 11.1 Å². The number of carbonyl (C=O) groups excluding carboxylic acids is 2. The van der Waals surface area contributed by atoms with Gasteiger partial charge in [0.15, 0.2) is 6.29 Å². The molecule has 4 rings (SSSR count). The molecule has 1 saturated heterocycles. The summed E-state index contributed by atoms with van der Waals surface area (Å²) in [6, 6.07) is 13.2. The van der Waals surface area contributed by atoms with Gasteiger partial charge in [-0.15, -0.1) is 0 Å². The number of carbonyl (C=O) groups is 2. The smallest absolute Gasteiger partial charge is 0.254 e. The molecule has 0 aliphatic carbocycles. The van der Waals surface area contributed by atoms with Crippen molar-refractivity contribution in [3.63, 3.8) is 0 Å². The Labute approximate surface area is 187 Å². The van der Waals surface area contributed by atoms with Gasteiger partial charge in [-0.2, -0.15) is 0 Å². The molecule has 2 aliphatic heterocycles. The minimum absolute atomic E-state index is 0.114. The largest absolute Gasteiger partial charge is 0.491 e. The molecule has 8 heteroatoms. The Balaban J connectivity index is 1.57. The van der Waals surface area contributed by atoms with Crippen molar-refractivity contribution in [3.8, 4) is 5.75 Å².